The number of hydrogen-bond donors (Lipinski definition) is 2. The summed E-state index contributed by atoms with van der Waals surface area (Å²) in [6, 6.07) is 6.70. The third-order valence-corrected chi connectivity index (χ3v) is 4.76. The summed E-state index contributed by atoms with van der Waals surface area (Å²) in [7, 11) is 0. The lowest BCUT2D eigenvalue weighted by Crippen LogP contribution is -2.29. The predicted molar refractivity (Wildman–Crippen MR) is 94.6 cm³/mol. The van der Waals surface area contributed by atoms with E-state index in [1.807, 2.05) is 6.92 Å². The predicted octanol–water partition coefficient (Wildman–Crippen LogP) is 3.28. The molecule has 130 valence electrons. The zero-order valence-corrected chi connectivity index (χ0v) is 14.2. The standard InChI is InChI=1S/C17H16F2N4OS/c1-17(6-7-25-16(20)23-17)12-8-11(3-4-13(12)19)22-15(24)14-5-2-10(18)9-21-14/h2-5,8-9H,6-7H2,1H3,(H2,20,23)(H,22,24). The molecule has 1 aliphatic heterocycles. The molecule has 0 aliphatic carbocycles. The molecule has 0 fully saturated rings. The van der Waals surface area contributed by atoms with E-state index < -0.39 is 23.1 Å². The second kappa shape index (κ2) is 6.79. The van der Waals surface area contributed by atoms with Crippen LogP contribution in [-0.4, -0.2) is 21.8 Å². The molecule has 0 radical (unpaired) electrons. The van der Waals surface area contributed by atoms with Crippen LogP contribution in [0.4, 0.5) is 14.5 Å². The van der Waals surface area contributed by atoms with Crippen LogP contribution in [-0.2, 0) is 5.54 Å². The maximum absolute atomic E-state index is 14.3. The normalized spacial score (nSPS) is 20.0. The molecule has 1 amide bonds. The lowest BCUT2D eigenvalue weighted by Gasteiger charge is -2.30. The van der Waals surface area contributed by atoms with Crippen molar-refractivity contribution in [2.45, 2.75) is 18.9 Å². The third-order valence-electron chi connectivity index (χ3n) is 3.96. The number of thioether (sulfide) groups is 1. The highest BCUT2D eigenvalue weighted by Gasteiger charge is 2.32. The van der Waals surface area contributed by atoms with Gasteiger partial charge in [0.1, 0.15) is 17.3 Å². The number of nitrogens with zero attached hydrogens (tertiary/aromatic N) is 2. The quantitative estimate of drug-likeness (QED) is 0.878. The van der Waals surface area contributed by atoms with Crippen molar-refractivity contribution in [3.63, 3.8) is 0 Å². The lowest BCUT2D eigenvalue weighted by atomic mass is 9.89. The van der Waals surface area contributed by atoms with Crippen LogP contribution in [0.15, 0.2) is 41.5 Å². The van der Waals surface area contributed by atoms with Crippen molar-refractivity contribution in [3.05, 3.63) is 59.4 Å². The van der Waals surface area contributed by atoms with Crippen LogP contribution in [0.5, 0.6) is 0 Å². The summed E-state index contributed by atoms with van der Waals surface area (Å²) in [6.45, 7) is 1.81. The molecule has 1 aromatic heterocycles. The molecular formula is C17H16F2N4OS. The second-order valence-corrected chi connectivity index (χ2v) is 6.95. The Morgan fingerprint density at radius 2 is 2.12 bits per heavy atom. The van der Waals surface area contributed by atoms with E-state index in [9.17, 15) is 13.6 Å². The Balaban J connectivity index is 1.88. The summed E-state index contributed by atoms with van der Waals surface area (Å²) in [4.78, 5) is 20.3. The first-order chi connectivity index (χ1) is 11.9. The van der Waals surface area contributed by atoms with Gasteiger partial charge in [0.15, 0.2) is 5.17 Å². The van der Waals surface area contributed by atoms with E-state index in [0.29, 0.717) is 22.8 Å². The molecule has 1 unspecified atom stereocenters. The number of rotatable bonds is 3. The number of benzene rings is 1. The first-order valence-electron chi connectivity index (χ1n) is 7.58. The smallest absolute Gasteiger partial charge is 0.274 e. The molecule has 3 N–H and O–H groups in total. The van der Waals surface area contributed by atoms with Crippen LogP contribution in [0.3, 0.4) is 0 Å². The monoisotopic (exact) mass is 362 g/mol. The number of carbonyl (C=O) groups is 1. The van der Waals surface area contributed by atoms with Gasteiger partial charge in [-0.25, -0.2) is 13.8 Å². The summed E-state index contributed by atoms with van der Waals surface area (Å²) >= 11 is 1.43. The Bertz CT molecular complexity index is 841. The van der Waals surface area contributed by atoms with Crippen LogP contribution in [0.1, 0.15) is 29.4 Å². The highest BCUT2D eigenvalue weighted by atomic mass is 32.2. The summed E-state index contributed by atoms with van der Waals surface area (Å²) in [5.74, 6) is -0.714. The average molecular weight is 362 g/mol. The van der Waals surface area contributed by atoms with Crippen LogP contribution < -0.4 is 11.1 Å². The maximum atomic E-state index is 14.3. The first-order valence-corrected chi connectivity index (χ1v) is 8.57. The van der Waals surface area contributed by atoms with Gasteiger partial charge in [0, 0.05) is 17.0 Å². The largest absolute Gasteiger partial charge is 0.379 e. The topological polar surface area (TPSA) is 80.4 Å². The molecule has 5 nitrogen and oxygen atoms in total. The molecule has 25 heavy (non-hydrogen) atoms. The van der Waals surface area contributed by atoms with Gasteiger partial charge in [-0.1, -0.05) is 11.8 Å². The molecule has 3 rings (SSSR count). The van der Waals surface area contributed by atoms with Gasteiger partial charge in [-0.05, 0) is 43.7 Å². The van der Waals surface area contributed by atoms with Gasteiger partial charge < -0.3 is 11.1 Å². The minimum atomic E-state index is -0.783. The van der Waals surface area contributed by atoms with E-state index in [2.05, 4.69) is 15.3 Å². The van der Waals surface area contributed by atoms with E-state index in [-0.39, 0.29) is 5.69 Å². The number of amidine groups is 1. The highest BCUT2D eigenvalue weighted by Crippen LogP contribution is 2.37. The van der Waals surface area contributed by atoms with Gasteiger partial charge in [0.05, 0.1) is 11.7 Å². The van der Waals surface area contributed by atoms with Crippen LogP contribution >= 0.6 is 11.8 Å². The van der Waals surface area contributed by atoms with Crippen molar-refractivity contribution in [1.82, 2.24) is 4.98 Å². The van der Waals surface area contributed by atoms with Crippen molar-refractivity contribution in [2.75, 3.05) is 11.1 Å². The summed E-state index contributed by atoms with van der Waals surface area (Å²) in [5, 5.41) is 3.05. The zero-order chi connectivity index (χ0) is 18.0. The number of nitrogens with two attached hydrogens (primary N) is 1. The first kappa shape index (κ1) is 17.3. The Morgan fingerprint density at radius 1 is 1.32 bits per heavy atom. The number of anilines is 1. The molecule has 0 spiro atoms. The zero-order valence-electron chi connectivity index (χ0n) is 13.4. The fourth-order valence-corrected chi connectivity index (χ4v) is 3.58. The summed E-state index contributed by atoms with van der Waals surface area (Å²) in [6.07, 6.45) is 1.59. The number of aromatic nitrogens is 1. The molecule has 1 aliphatic rings. The fraction of sp³-hybridized carbons (Fsp3) is 0.235. The summed E-state index contributed by atoms with van der Waals surface area (Å²) < 4.78 is 27.2. The molecule has 0 saturated carbocycles. The van der Waals surface area contributed by atoms with E-state index >= 15 is 0 Å². The Kier molecular flexibility index (Phi) is 4.71. The lowest BCUT2D eigenvalue weighted by molar-refractivity contribution is 0.102. The van der Waals surface area contributed by atoms with Gasteiger partial charge in [0.25, 0.3) is 5.91 Å². The molecule has 1 aromatic carbocycles. The Labute approximate surface area is 147 Å². The number of carbonyl (C=O) groups excluding carboxylic acids is 1. The molecule has 0 bridgehead atoms. The molecule has 2 aromatic rings. The van der Waals surface area contributed by atoms with E-state index in [4.69, 9.17) is 5.73 Å². The number of hydrogen-bond acceptors (Lipinski definition) is 5. The van der Waals surface area contributed by atoms with E-state index in [1.165, 1.54) is 30.0 Å². The molecular weight excluding hydrogens is 346 g/mol. The van der Waals surface area contributed by atoms with Gasteiger partial charge in [-0.2, -0.15) is 0 Å². The van der Waals surface area contributed by atoms with Gasteiger partial charge in [0.2, 0.25) is 0 Å². The average Bonchev–Trinajstić information content (AvgIpc) is 2.57. The van der Waals surface area contributed by atoms with Crippen molar-refractivity contribution in [1.29, 1.82) is 0 Å². The molecule has 1 atom stereocenters. The fourth-order valence-electron chi connectivity index (χ4n) is 2.60. The Morgan fingerprint density at radius 3 is 2.80 bits per heavy atom. The van der Waals surface area contributed by atoms with Crippen LogP contribution in [0.2, 0.25) is 0 Å². The third kappa shape index (κ3) is 3.79. The van der Waals surface area contributed by atoms with E-state index in [0.717, 1.165) is 18.0 Å². The number of pyridine rings is 1. The van der Waals surface area contributed by atoms with Crippen LogP contribution in [0, 0.1) is 11.6 Å². The van der Waals surface area contributed by atoms with Crippen molar-refractivity contribution in [2.24, 2.45) is 10.7 Å². The van der Waals surface area contributed by atoms with E-state index in [1.54, 1.807) is 6.07 Å². The number of halogens is 2. The SMILES string of the molecule is CC1(c2cc(NC(=O)c3ccc(F)cn3)ccc2F)CCSC(N)=N1. The number of nitrogens with one attached hydrogen (secondary N) is 1. The van der Waals surface area contributed by atoms with Crippen LogP contribution in [0.25, 0.3) is 0 Å². The minimum Gasteiger partial charge on any atom is -0.379 e. The molecule has 2 heterocycles. The highest BCUT2D eigenvalue weighted by molar-refractivity contribution is 8.13. The Hall–Kier alpha value is -2.48. The van der Waals surface area contributed by atoms with Crippen molar-refractivity contribution >= 4 is 28.5 Å². The van der Waals surface area contributed by atoms with Gasteiger partial charge in [-0.3, -0.25) is 9.79 Å². The van der Waals surface area contributed by atoms with Crippen molar-refractivity contribution < 1.29 is 13.6 Å². The summed E-state index contributed by atoms with van der Waals surface area (Å²) in [5.41, 5.74) is 5.83. The minimum absolute atomic E-state index is 0.0646. The van der Waals surface area contributed by atoms with Gasteiger partial charge in [-0.15, -0.1) is 0 Å². The molecule has 0 saturated heterocycles. The molecule has 8 heteroatoms. The number of amides is 1. The van der Waals surface area contributed by atoms with Gasteiger partial charge >= 0.3 is 0 Å². The second-order valence-electron chi connectivity index (χ2n) is 5.83. The maximum Gasteiger partial charge on any atom is 0.274 e. The van der Waals surface area contributed by atoms with Crippen molar-refractivity contribution in [3.8, 4) is 0 Å². The number of aliphatic imine (C=N–C) groups is 1.